The Balaban J connectivity index is 1.59. The van der Waals surface area contributed by atoms with E-state index in [1.807, 2.05) is 48.5 Å². The Morgan fingerprint density at radius 2 is 1.16 bits per heavy atom. The van der Waals surface area contributed by atoms with Crippen LogP contribution < -0.4 is 4.74 Å². The van der Waals surface area contributed by atoms with Gasteiger partial charge < -0.3 is 4.74 Å². The molecule has 3 aromatic carbocycles. The Kier molecular flexibility index (Phi) is 8.33. The fourth-order valence-electron chi connectivity index (χ4n) is 2.83. The normalized spacial score (nSPS) is 10.3. The molecule has 0 spiro atoms. The van der Waals surface area contributed by atoms with Gasteiger partial charge in [0.1, 0.15) is 5.75 Å². The van der Waals surface area contributed by atoms with Crippen LogP contribution in [0, 0.1) is 0 Å². The minimum atomic E-state index is -0.0600. The highest BCUT2D eigenvalue weighted by molar-refractivity contribution is 8.14. The third kappa shape index (κ3) is 6.74. The van der Waals surface area contributed by atoms with Gasteiger partial charge in [-0.1, -0.05) is 73.5 Å². The summed E-state index contributed by atoms with van der Waals surface area (Å²) in [4.78, 5) is 23.5. The van der Waals surface area contributed by atoms with E-state index in [2.05, 4.69) is 37.4 Å². The highest BCUT2D eigenvalue weighted by atomic mass is 32.2. The number of rotatable bonds is 9. The Labute approximate surface area is 191 Å². The van der Waals surface area contributed by atoms with Crippen LogP contribution in [0.4, 0.5) is 0 Å². The Hall–Kier alpha value is -3.02. The van der Waals surface area contributed by atoms with E-state index in [4.69, 9.17) is 4.74 Å². The van der Waals surface area contributed by atoms with E-state index in [1.165, 1.54) is 35.7 Å². The average molecular weight is 447 g/mol. The molecule has 0 bridgehead atoms. The number of thioether (sulfide) groups is 2. The molecule has 0 saturated carbocycles. The first-order chi connectivity index (χ1) is 15.1. The van der Waals surface area contributed by atoms with Crippen molar-refractivity contribution < 1.29 is 14.3 Å². The van der Waals surface area contributed by atoms with Gasteiger partial charge in [0, 0.05) is 10.6 Å². The van der Waals surface area contributed by atoms with E-state index in [9.17, 15) is 9.59 Å². The number of hydrogen-bond acceptors (Lipinski definition) is 5. The number of hydrogen-bond donors (Lipinski definition) is 0. The lowest BCUT2D eigenvalue weighted by molar-refractivity contribution is -0.107. The molecule has 0 atom stereocenters. The molecule has 0 aliphatic heterocycles. The topological polar surface area (TPSA) is 43.4 Å². The van der Waals surface area contributed by atoms with E-state index >= 15 is 0 Å². The van der Waals surface area contributed by atoms with Crippen molar-refractivity contribution in [2.75, 3.05) is 12.4 Å². The van der Waals surface area contributed by atoms with Crippen LogP contribution in [0.2, 0.25) is 0 Å². The first-order valence-electron chi connectivity index (χ1n) is 9.66. The smallest absolute Gasteiger partial charge is 0.216 e. The zero-order valence-electron chi connectivity index (χ0n) is 17.0. The van der Waals surface area contributed by atoms with Gasteiger partial charge in [0.2, 0.25) is 10.2 Å². The third-order valence-corrected chi connectivity index (χ3v) is 6.11. The van der Waals surface area contributed by atoms with Crippen molar-refractivity contribution in [3.05, 3.63) is 98.1 Å². The van der Waals surface area contributed by atoms with Gasteiger partial charge in [0.15, 0.2) is 0 Å². The summed E-state index contributed by atoms with van der Waals surface area (Å²) in [6.45, 7) is 7.41. The van der Waals surface area contributed by atoms with Crippen LogP contribution in [0.3, 0.4) is 0 Å². The fourth-order valence-corrected chi connectivity index (χ4v) is 3.91. The van der Waals surface area contributed by atoms with E-state index in [0.29, 0.717) is 12.4 Å². The maximum Gasteiger partial charge on any atom is 0.216 e. The average Bonchev–Trinajstić information content (AvgIpc) is 2.82. The van der Waals surface area contributed by atoms with E-state index in [1.54, 1.807) is 0 Å². The molecule has 0 unspecified atom stereocenters. The zero-order valence-corrected chi connectivity index (χ0v) is 18.6. The van der Waals surface area contributed by atoms with Crippen LogP contribution in [0.5, 0.6) is 5.75 Å². The van der Waals surface area contributed by atoms with Gasteiger partial charge in [0.05, 0.1) is 6.61 Å². The summed E-state index contributed by atoms with van der Waals surface area (Å²) in [5.41, 5.74) is 4.43. The summed E-state index contributed by atoms with van der Waals surface area (Å²) >= 11 is 2.37. The number of benzene rings is 3. The SMILES string of the molecule is C=CC(=O)SCCOc1ccc(-c2ccc(-c3ccc(SC(=O)C=C)cc3)cc2)cc1. The summed E-state index contributed by atoms with van der Waals surface area (Å²) in [5.74, 6) is 1.37. The van der Waals surface area contributed by atoms with Crippen LogP contribution in [0.15, 0.2) is 103 Å². The minimum Gasteiger partial charge on any atom is -0.493 e. The Morgan fingerprint density at radius 1 is 0.710 bits per heavy atom. The standard InChI is InChI=1S/C26H22O3S2/c1-3-25(27)30-18-17-29-23-13-9-21(10-14-23)19-5-7-20(8-6-19)22-11-15-24(16-12-22)31-26(28)4-2/h3-16H,1-2,17-18H2. The van der Waals surface area contributed by atoms with Crippen LogP contribution in [0.25, 0.3) is 22.3 Å². The lowest BCUT2D eigenvalue weighted by Gasteiger charge is -2.08. The van der Waals surface area contributed by atoms with Crippen LogP contribution in [-0.2, 0) is 9.59 Å². The van der Waals surface area contributed by atoms with Gasteiger partial charge in [-0.05, 0) is 70.4 Å². The lowest BCUT2D eigenvalue weighted by Crippen LogP contribution is -2.01. The second-order valence-corrected chi connectivity index (χ2v) is 8.65. The fraction of sp³-hybridized carbons (Fsp3) is 0.0769. The van der Waals surface area contributed by atoms with Gasteiger partial charge >= 0.3 is 0 Å². The molecule has 3 rings (SSSR count). The number of carbonyl (C=O) groups is 2. The zero-order chi connectivity index (χ0) is 22.1. The highest BCUT2D eigenvalue weighted by Gasteiger charge is 2.04. The van der Waals surface area contributed by atoms with Crippen molar-refractivity contribution in [1.82, 2.24) is 0 Å². The molecular weight excluding hydrogens is 424 g/mol. The van der Waals surface area contributed by atoms with Gasteiger partial charge in [0.25, 0.3) is 0 Å². The van der Waals surface area contributed by atoms with Crippen LogP contribution >= 0.6 is 23.5 Å². The molecule has 156 valence electrons. The second-order valence-electron chi connectivity index (χ2n) is 6.47. The van der Waals surface area contributed by atoms with Crippen molar-refractivity contribution in [1.29, 1.82) is 0 Å². The molecule has 0 saturated heterocycles. The monoisotopic (exact) mass is 446 g/mol. The summed E-state index contributed by atoms with van der Waals surface area (Å²) in [7, 11) is 0. The minimum absolute atomic E-state index is 0.0416. The van der Waals surface area contributed by atoms with Gasteiger partial charge in [-0.25, -0.2) is 0 Å². The molecule has 0 aromatic heterocycles. The molecular formula is C26H22O3S2. The van der Waals surface area contributed by atoms with Gasteiger partial charge in [-0.15, -0.1) is 0 Å². The van der Waals surface area contributed by atoms with Gasteiger partial charge in [-0.2, -0.15) is 0 Å². The molecule has 0 amide bonds. The first kappa shape index (κ1) is 22.7. The Morgan fingerprint density at radius 3 is 1.65 bits per heavy atom. The lowest BCUT2D eigenvalue weighted by atomic mass is 10.0. The van der Waals surface area contributed by atoms with Crippen molar-refractivity contribution in [3.63, 3.8) is 0 Å². The quantitative estimate of drug-likeness (QED) is 0.209. The highest BCUT2D eigenvalue weighted by Crippen LogP contribution is 2.28. The largest absolute Gasteiger partial charge is 0.493 e. The van der Waals surface area contributed by atoms with Crippen molar-refractivity contribution in [3.8, 4) is 28.0 Å². The number of carbonyl (C=O) groups excluding carboxylic acids is 2. The molecule has 5 heteroatoms. The van der Waals surface area contributed by atoms with Crippen molar-refractivity contribution >= 4 is 33.8 Å². The van der Waals surface area contributed by atoms with E-state index < -0.39 is 0 Å². The third-order valence-electron chi connectivity index (χ3n) is 4.41. The molecule has 0 N–H and O–H groups in total. The summed E-state index contributed by atoms with van der Waals surface area (Å²) in [5, 5.41) is -0.102. The summed E-state index contributed by atoms with van der Waals surface area (Å²) in [6, 6.07) is 24.2. The predicted octanol–water partition coefficient (Wildman–Crippen LogP) is 6.65. The molecule has 31 heavy (non-hydrogen) atoms. The van der Waals surface area contributed by atoms with E-state index in [0.717, 1.165) is 32.9 Å². The summed E-state index contributed by atoms with van der Waals surface area (Å²) < 4.78 is 5.67. The maximum atomic E-state index is 11.5. The molecule has 3 aromatic rings. The van der Waals surface area contributed by atoms with Crippen molar-refractivity contribution in [2.24, 2.45) is 0 Å². The summed E-state index contributed by atoms with van der Waals surface area (Å²) in [6.07, 6.45) is 2.63. The number of ether oxygens (including phenoxy) is 1. The molecule has 0 heterocycles. The molecule has 0 aliphatic carbocycles. The molecule has 0 fully saturated rings. The molecule has 0 radical (unpaired) electrons. The molecule has 3 nitrogen and oxygen atoms in total. The van der Waals surface area contributed by atoms with Crippen LogP contribution in [0.1, 0.15) is 0 Å². The predicted molar refractivity (Wildman–Crippen MR) is 132 cm³/mol. The van der Waals surface area contributed by atoms with Crippen LogP contribution in [-0.4, -0.2) is 22.6 Å². The van der Waals surface area contributed by atoms with E-state index in [-0.39, 0.29) is 10.2 Å². The maximum absolute atomic E-state index is 11.5. The van der Waals surface area contributed by atoms with Crippen molar-refractivity contribution in [2.45, 2.75) is 4.90 Å². The van der Waals surface area contributed by atoms with Gasteiger partial charge in [-0.3, -0.25) is 9.59 Å². The molecule has 0 aliphatic rings. The second kappa shape index (κ2) is 11.4. The first-order valence-corrected chi connectivity index (χ1v) is 11.5. The Bertz CT molecular complexity index is 1050.